The third-order valence-corrected chi connectivity index (χ3v) is 2.96. The van der Waals surface area contributed by atoms with Gasteiger partial charge in [0.2, 0.25) is 0 Å². The van der Waals surface area contributed by atoms with Crippen molar-refractivity contribution >= 4 is 11.9 Å². The van der Waals surface area contributed by atoms with E-state index in [0.29, 0.717) is 12.8 Å². The number of halogens is 1. The molecule has 0 spiro atoms. The maximum absolute atomic E-state index is 12.9. The largest absolute Gasteiger partial charge is 0.479 e. The minimum absolute atomic E-state index is 0.221. The highest BCUT2D eigenvalue weighted by Crippen LogP contribution is 2.19. The number of amides is 1. The van der Waals surface area contributed by atoms with Crippen LogP contribution in [0.5, 0.6) is 0 Å². The van der Waals surface area contributed by atoms with Crippen molar-refractivity contribution in [1.29, 1.82) is 0 Å². The Labute approximate surface area is 109 Å². The molecule has 6 heteroatoms. The molecule has 102 valence electrons. The molecule has 2 N–H and O–H groups in total. The van der Waals surface area contributed by atoms with Crippen molar-refractivity contribution in [2.45, 2.75) is 25.0 Å². The van der Waals surface area contributed by atoms with Gasteiger partial charge in [0.15, 0.2) is 6.10 Å². The van der Waals surface area contributed by atoms with Crippen LogP contribution < -0.4 is 5.32 Å². The van der Waals surface area contributed by atoms with Gasteiger partial charge in [-0.05, 0) is 31.0 Å². The lowest BCUT2D eigenvalue weighted by molar-refractivity contribution is -0.149. The number of carbonyl (C=O) groups is 2. The van der Waals surface area contributed by atoms with Crippen LogP contribution >= 0.6 is 0 Å². The zero-order chi connectivity index (χ0) is 13.8. The summed E-state index contributed by atoms with van der Waals surface area (Å²) in [6.07, 6.45) is -0.0781. The van der Waals surface area contributed by atoms with Crippen molar-refractivity contribution in [1.82, 2.24) is 5.32 Å². The number of benzene rings is 1. The van der Waals surface area contributed by atoms with Gasteiger partial charge in [0.25, 0.3) is 5.91 Å². The van der Waals surface area contributed by atoms with E-state index in [-0.39, 0.29) is 18.2 Å². The molecule has 1 saturated heterocycles. The van der Waals surface area contributed by atoms with Crippen LogP contribution in [0, 0.1) is 5.82 Å². The molecular weight excluding hydrogens is 253 g/mol. The fourth-order valence-corrected chi connectivity index (χ4v) is 1.98. The minimum atomic E-state index is -0.987. The zero-order valence-corrected chi connectivity index (χ0v) is 10.1. The maximum atomic E-state index is 12.9. The molecule has 1 heterocycles. The summed E-state index contributed by atoms with van der Waals surface area (Å²) >= 11 is 0. The topological polar surface area (TPSA) is 75.6 Å². The van der Waals surface area contributed by atoms with Crippen molar-refractivity contribution in [3.63, 3.8) is 0 Å². The van der Waals surface area contributed by atoms with E-state index in [1.54, 1.807) is 0 Å². The van der Waals surface area contributed by atoms with Gasteiger partial charge in [0.1, 0.15) is 5.82 Å². The molecule has 0 saturated carbocycles. The van der Waals surface area contributed by atoms with Crippen LogP contribution in [0.15, 0.2) is 24.3 Å². The smallest absolute Gasteiger partial charge is 0.332 e. The highest BCUT2D eigenvalue weighted by atomic mass is 19.1. The highest BCUT2D eigenvalue weighted by Gasteiger charge is 2.30. The summed E-state index contributed by atoms with van der Waals surface area (Å²) in [5.41, 5.74) is 0.229. The number of carboxylic acid groups (broad SMARTS) is 1. The van der Waals surface area contributed by atoms with Crippen LogP contribution in [0.2, 0.25) is 0 Å². The molecule has 1 aliphatic rings. The normalized spacial score (nSPS) is 22.2. The Kier molecular flexibility index (Phi) is 4.11. The second-order valence-electron chi connectivity index (χ2n) is 4.38. The van der Waals surface area contributed by atoms with Gasteiger partial charge in [0.05, 0.1) is 6.10 Å². The van der Waals surface area contributed by atoms with Gasteiger partial charge >= 0.3 is 5.97 Å². The monoisotopic (exact) mass is 267 g/mol. The van der Waals surface area contributed by atoms with E-state index in [1.165, 1.54) is 18.2 Å². The summed E-state index contributed by atoms with van der Waals surface area (Å²) in [5.74, 6) is -1.86. The van der Waals surface area contributed by atoms with E-state index in [0.717, 1.165) is 6.07 Å². The Hall–Kier alpha value is -1.95. The van der Waals surface area contributed by atoms with E-state index in [1.807, 2.05) is 0 Å². The summed E-state index contributed by atoms with van der Waals surface area (Å²) in [4.78, 5) is 22.4. The lowest BCUT2D eigenvalue weighted by Crippen LogP contribution is -2.33. The van der Waals surface area contributed by atoms with Gasteiger partial charge in [0, 0.05) is 12.1 Å². The number of hydrogen-bond acceptors (Lipinski definition) is 3. The van der Waals surface area contributed by atoms with Crippen LogP contribution in [0.3, 0.4) is 0 Å². The number of aliphatic carboxylic acids is 1. The lowest BCUT2D eigenvalue weighted by Gasteiger charge is -2.12. The van der Waals surface area contributed by atoms with Crippen molar-refractivity contribution in [2.75, 3.05) is 6.54 Å². The molecule has 1 aromatic carbocycles. The quantitative estimate of drug-likeness (QED) is 0.859. The van der Waals surface area contributed by atoms with Crippen LogP contribution in [-0.4, -0.2) is 35.7 Å². The first-order valence-electron chi connectivity index (χ1n) is 5.98. The molecule has 19 heavy (non-hydrogen) atoms. The lowest BCUT2D eigenvalue weighted by atomic mass is 10.2. The second-order valence-corrected chi connectivity index (χ2v) is 4.38. The van der Waals surface area contributed by atoms with Crippen molar-refractivity contribution in [2.24, 2.45) is 0 Å². The Morgan fingerprint density at radius 2 is 2.21 bits per heavy atom. The van der Waals surface area contributed by atoms with Crippen molar-refractivity contribution in [3.05, 3.63) is 35.6 Å². The number of hydrogen-bond donors (Lipinski definition) is 2. The molecule has 1 aromatic rings. The van der Waals surface area contributed by atoms with Gasteiger partial charge in [-0.2, -0.15) is 0 Å². The zero-order valence-electron chi connectivity index (χ0n) is 10.1. The highest BCUT2D eigenvalue weighted by molar-refractivity contribution is 5.94. The van der Waals surface area contributed by atoms with E-state index in [4.69, 9.17) is 9.84 Å². The first kappa shape index (κ1) is 13.5. The fourth-order valence-electron chi connectivity index (χ4n) is 1.98. The summed E-state index contributed by atoms with van der Waals surface area (Å²) in [5, 5.41) is 11.4. The van der Waals surface area contributed by atoms with Crippen LogP contribution in [0.4, 0.5) is 4.39 Å². The van der Waals surface area contributed by atoms with Gasteiger partial charge in [-0.25, -0.2) is 9.18 Å². The molecule has 0 aliphatic carbocycles. The van der Waals surface area contributed by atoms with Gasteiger partial charge < -0.3 is 15.2 Å². The first-order valence-corrected chi connectivity index (χ1v) is 5.98. The van der Waals surface area contributed by atoms with Crippen molar-refractivity contribution < 1.29 is 23.8 Å². The Balaban J connectivity index is 1.83. The molecule has 2 unspecified atom stereocenters. The molecule has 2 atom stereocenters. The van der Waals surface area contributed by atoms with Gasteiger partial charge in [-0.3, -0.25) is 4.79 Å². The molecule has 1 amide bonds. The molecule has 5 nitrogen and oxygen atoms in total. The number of nitrogens with one attached hydrogen (secondary N) is 1. The third kappa shape index (κ3) is 3.51. The van der Waals surface area contributed by atoms with Crippen LogP contribution in [-0.2, 0) is 9.53 Å². The molecule has 0 bridgehead atoms. The Morgan fingerprint density at radius 3 is 2.84 bits per heavy atom. The first-order chi connectivity index (χ1) is 9.06. The van der Waals surface area contributed by atoms with Gasteiger partial charge in [-0.15, -0.1) is 0 Å². The maximum Gasteiger partial charge on any atom is 0.332 e. The molecule has 2 rings (SSSR count). The molecule has 0 aromatic heterocycles. The van der Waals surface area contributed by atoms with Crippen molar-refractivity contribution in [3.8, 4) is 0 Å². The second kappa shape index (κ2) is 5.79. The minimum Gasteiger partial charge on any atom is -0.479 e. The number of rotatable bonds is 4. The number of ether oxygens (including phenoxy) is 1. The predicted molar refractivity (Wildman–Crippen MR) is 64.3 cm³/mol. The Bertz CT molecular complexity index is 491. The van der Waals surface area contributed by atoms with E-state index in [2.05, 4.69) is 5.32 Å². The van der Waals surface area contributed by atoms with Crippen LogP contribution in [0.1, 0.15) is 23.2 Å². The summed E-state index contributed by atoms with van der Waals surface area (Å²) in [6.45, 7) is 0.221. The fraction of sp³-hybridized carbons (Fsp3) is 0.385. The predicted octanol–water partition coefficient (Wildman–Crippen LogP) is 1.19. The average Bonchev–Trinajstić information content (AvgIpc) is 2.85. The Morgan fingerprint density at radius 1 is 1.42 bits per heavy atom. The third-order valence-electron chi connectivity index (χ3n) is 2.96. The standard InChI is InChI=1S/C13H14FNO4/c14-9-3-1-2-8(6-9)12(16)15-7-10-4-5-11(19-10)13(17)18/h1-3,6,10-11H,4-5,7H2,(H,15,16)(H,17,18). The van der Waals surface area contributed by atoms with E-state index >= 15 is 0 Å². The average molecular weight is 267 g/mol. The summed E-state index contributed by atoms with van der Waals surface area (Å²) < 4.78 is 18.2. The van der Waals surface area contributed by atoms with Crippen LogP contribution in [0.25, 0.3) is 0 Å². The summed E-state index contributed by atoms with van der Waals surface area (Å²) in [7, 11) is 0. The molecule has 0 radical (unpaired) electrons. The number of carbonyl (C=O) groups excluding carboxylic acids is 1. The molecular formula is C13H14FNO4. The van der Waals surface area contributed by atoms with E-state index < -0.39 is 23.8 Å². The summed E-state index contributed by atoms with van der Waals surface area (Å²) in [6, 6.07) is 5.37. The van der Waals surface area contributed by atoms with Gasteiger partial charge in [-0.1, -0.05) is 6.07 Å². The molecule has 1 aliphatic heterocycles. The number of carboxylic acids is 1. The van der Waals surface area contributed by atoms with E-state index in [9.17, 15) is 14.0 Å². The molecule has 1 fully saturated rings. The SMILES string of the molecule is O=C(NCC1CCC(C(=O)O)O1)c1cccc(F)c1.